The second-order valence-corrected chi connectivity index (χ2v) is 5.23. The van der Waals surface area contributed by atoms with Crippen LogP contribution in [0.4, 0.5) is 0 Å². The first-order chi connectivity index (χ1) is 7.80. The van der Waals surface area contributed by atoms with Gasteiger partial charge in [0.05, 0.1) is 5.54 Å². The van der Waals surface area contributed by atoms with Crippen LogP contribution in [-0.2, 0) is 11.2 Å². The van der Waals surface area contributed by atoms with E-state index in [4.69, 9.17) is 5.73 Å². The maximum Gasteiger partial charge on any atom is 0.239 e. The molecule has 0 fully saturated rings. The molecule has 0 spiro atoms. The Labute approximate surface area is 103 Å². The first-order valence-corrected chi connectivity index (χ1v) is 5.95. The Morgan fingerprint density at radius 1 is 1.41 bits per heavy atom. The number of carbonyl (C=O) groups is 1. The number of hydrogen-bond donors (Lipinski definition) is 2. The molecule has 0 bridgehead atoms. The molecule has 0 aliphatic rings. The molecule has 1 unspecified atom stereocenters. The van der Waals surface area contributed by atoms with Crippen molar-refractivity contribution in [3.05, 3.63) is 35.4 Å². The van der Waals surface area contributed by atoms with E-state index in [1.54, 1.807) is 13.8 Å². The molecular weight excluding hydrogens is 212 g/mol. The fourth-order valence-corrected chi connectivity index (χ4v) is 1.63. The highest BCUT2D eigenvalue weighted by atomic mass is 16.2. The minimum Gasteiger partial charge on any atom is -0.352 e. The largest absolute Gasteiger partial charge is 0.352 e. The molecule has 0 aliphatic carbocycles. The smallest absolute Gasteiger partial charge is 0.239 e. The number of nitrogens with one attached hydrogen (secondary N) is 1. The molecule has 1 amide bonds. The van der Waals surface area contributed by atoms with Crippen molar-refractivity contribution >= 4 is 5.91 Å². The van der Waals surface area contributed by atoms with E-state index in [-0.39, 0.29) is 11.9 Å². The summed E-state index contributed by atoms with van der Waals surface area (Å²) in [6, 6.07) is 8.29. The van der Waals surface area contributed by atoms with E-state index in [2.05, 4.69) is 24.4 Å². The SMILES string of the molecule is Cc1ccccc1CC(C)NC(=O)C(C)(C)N. The van der Waals surface area contributed by atoms with Crippen LogP contribution in [0.3, 0.4) is 0 Å². The summed E-state index contributed by atoms with van der Waals surface area (Å²) in [5, 5.41) is 2.93. The average Bonchev–Trinajstić information content (AvgIpc) is 2.20. The number of aryl methyl sites for hydroxylation is 1. The van der Waals surface area contributed by atoms with Crippen LogP contribution < -0.4 is 11.1 Å². The van der Waals surface area contributed by atoms with Crippen LogP contribution in [-0.4, -0.2) is 17.5 Å². The van der Waals surface area contributed by atoms with E-state index in [1.807, 2.05) is 19.1 Å². The van der Waals surface area contributed by atoms with Crippen molar-refractivity contribution in [1.29, 1.82) is 0 Å². The summed E-state index contributed by atoms with van der Waals surface area (Å²) in [5.74, 6) is -0.112. The second-order valence-electron chi connectivity index (χ2n) is 5.23. The Balaban J connectivity index is 2.59. The lowest BCUT2D eigenvalue weighted by Crippen LogP contribution is -2.51. The molecule has 0 saturated heterocycles. The van der Waals surface area contributed by atoms with E-state index in [0.29, 0.717) is 0 Å². The Bertz CT molecular complexity index is 393. The van der Waals surface area contributed by atoms with Gasteiger partial charge in [-0.3, -0.25) is 4.79 Å². The standard InChI is InChI=1S/C14H22N2O/c1-10-7-5-6-8-12(10)9-11(2)16-13(17)14(3,4)15/h5-8,11H,9,15H2,1-4H3,(H,16,17). The van der Waals surface area contributed by atoms with E-state index in [0.717, 1.165) is 6.42 Å². The van der Waals surface area contributed by atoms with Crippen LogP contribution in [0.1, 0.15) is 31.9 Å². The van der Waals surface area contributed by atoms with Crippen LogP contribution in [0.2, 0.25) is 0 Å². The molecule has 3 heteroatoms. The van der Waals surface area contributed by atoms with Gasteiger partial charge in [0.2, 0.25) is 5.91 Å². The van der Waals surface area contributed by atoms with Gasteiger partial charge in [0.15, 0.2) is 0 Å². The van der Waals surface area contributed by atoms with Gasteiger partial charge in [-0.2, -0.15) is 0 Å². The van der Waals surface area contributed by atoms with Crippen molar-refractivity contribution < 1.29 is 4.79 Å². The van der Waals surface area contributed by atoms with E-state index >= 15 is 0 Å². The van der Waals surface area contributed by atoms with Gasteiger partial charge in [-0.25, -0.2) is 0 Å². The summed E-state index contributed by atoms with van der Waals surface area (Å²) in [6.45, 7) is 7.50. The number of rotatable bonds is 4. The quantitative estimate of drug-likeness (QED) is 0.834. The number of hydrogen-bond acceptors (Lipinski definition) is 2. The van der Waals surface area contributed by atoms with Crippen LogP contribution in [0.25, 0.3) is 0 Å². The normalized spacial score (nSPS) is 13.2. The van der Waals surface area contributed by atoms with Crippen molar-refractivity contribution in [2.24, 2.45) is 5.73 Å². The Kier molecular flexibility index (Phi) is 4.29. The molecule has 0 aliphatic heterocycles. The topological polar surface area (TPSA) is 55.1 Å². The summed E-state index contributed by atoms with van der Waals surface area (Å²) >= 11 is 0. The van der Waals surface area contributed by atoms with Crippen molar-refractivity contribution in [3.8, 4) is 0 Å². The lowest BCUT2D eigenvalue weighted by Gasteiger charge is -2.22. The predicted molar refractivity (Wildman–Crippen MR) is 70.8 cm³/mol. The number of nitrogens with two attached hydrogens (primary N) is 1. The fourth-order valence-electron chi connectivity index (χ4n) is 1.63. The molecule has 1 aromatic rings. The molecule has 0 saturated carbocycles. The van der Waals surface area contributed by atoms with Crippen molar-refractivity contribution in [2.75, 3.05) is 0 Å². The molecule has 94 valence electrons. The number of carbonyl (C=O) groups excluding carboxylic acids is 1. The molecule has 3 nitrogen and oxygen atoms in total. The van der Waals surface area contributed by atoms with Crippen LogP contribution >= 0.6 is 0 Å². The third kappa shape index (κ3) is 4.19. The van der Waals surface area contributed by atoms with Crippen LogP contribution in [0, 0.1) is 6.92 Å². The highest BCUT2D eigenvalue weighted by Crippen LogP contribution is 2.10. The molecular formula is C14H22N2O. The Morgan fingerprint density at radius 3 is 2.53 bits per heavy atom. The molecule has 0 radical (unpaired) electrons. The summed E-state index contributed by atoms with van der Waals surface area (Å²) < 4.78 is 0. The van der Waals surface area contributed by atoms with Crippen molar-refractivity contribution in [3.63, 3.8) is 0 Å². The van der Waals surface area contributed by atoms with Crippen LogP contribution in [0.15, 0.2) is 24.3 Å². The molecule has 0 aromatic heterocycles. The first-order valence-electron chi connectivity index (χ1n) is 5.95. The van der Waals surface area contributed by atoms with Gasteiger partial charge in [-0.05, 0) is 45.2 Å². The molecule has 0 heterocycles. The maximum absolute atomic E-state index is 11.7. The number of benzene rings is 1. The molecule has 1 rings (SSSR count). The number of amides is 1. The van der Waals surface area contributed by atoms with Gasteiger partial charge >= 0.3 is 0 Å². The zero-order chi connectivity index (χ0) is 13.1. The Morgan fingerprint density at radius 2 is 2.00 bits per heavy atom. The predicted octanol–water partition coefficient (Wildman–Crippen LogP) is 1.78. The third-order valence-electron chi connectivity index (χ3n) is 2.75. The molecule has 3 N–H and O–H groups in total. The van der Waals surface area contributed by atoms with E-state index in [9.17, 15) is 4.79 Å². The van der Waals surface area contributed by atoms with Gasteiger partial charge < -0.3 is 11.1 Å². The van der Waals surface area contributed by atoms with Crippen molar-refractivity contribution in [1.82, 2.24) is 5.32 Å². The monoisotopic (exact) mass is 234 g/mol. The lowest BCUT2D eigenvalue weighted by molar-refractivity contribution is -0.125. The molecule has 17 heavy (non-hydrogen) atoms. The van der Waals surface area contributed by atoms with Gasteiger partial charge in [-0.15, -0.1) is 0 Å². The molecule has 1 aromatic carbocycles. The van der Waals surface area contributed by atoms with Gasteiger partial charge in [-0.1, -0.05) is 24.3 Å². The second kappa shape index (κ2) is 5.32. The Hall–Kier alpha value is -1.35. The third-order valence-corrected chi connectivity index (χ3v) is 2.75. The van der Waals surface area contributed by atoms with Crippen LogP contribution in [0.5, 0.6) is 0 Å². The maximum atomic E-state index is 11.7. The van der Waals surface area contributed by atoms with Gasteiger partial charge in [0.1, 0.15) is 0 Å². The summed E-state index contributed by atoms with van der Waals surface area (Å²) in [7, 11) is 0. The fraction of sp³-hybridized carbons (Fsp3) is 0.500. The van der Waals surface area contributed by atoms with E-state index < -0.39 is 5.54 Å². The van der Waals surface area contributed by atoms with Gasteiger partial charge in [0.25, 0.3) is 0 Å². The zero-order valence-corrected chi connectivity index (χ0v) is 11.1. The summed E-state index contributed by atoms with van der Waals surface area (Å²) in [4.78, 5) is 11.7. The van der Waals surface area contributed by atoms with Crippen molar-refractivity contribution in [2.45, 2.75) is 45.7 Å². The minimum absolute atomic E-state index is 0.0893. The highest BCUT2D eigenvalue weighted by molar-refractivity contribution is 5.85. The zero-order valence-electron chi connectivity index (χ0n) is 11.1. The molecule has 1 atom stereocenters. The average molecular weight is 234 g/mol. The first kappa shape index (κ1) is 13.7. The summed E-state index contributed by atoms with van der Waals surface area (Å²) in [6.07, 6.45) is 0.828. The summed E-state index contributed by atoms with van der Waals surface area (Å²) in [5.41, 5.74) is 7.43. The highest BCUT2D eigenvalue weighted by Gasteiger charge is 2.23. The van der Waals surface area contributed by atoms with Gasteiger partial charge in [0, 0.05) is 6.04 Å². The van der Waals surface area contributed by atoms with E-state index in [1.165, 1.54) is 11.1 Å². The lowest BCUT2D eigenvalue weighted by atomic mass is 10.0. The minimum atomic E-state index is -0.819.